The zero-order chi connectivity index (χ0) is 25.1. The Labute approximate surface area is 206 Å². The van der Waals surface area contributed by atoms with Gasteiger partial charge in [0.25, 0.3) is 5.91 Å². The second-order valence-electron chi connectivity index (χ2n) is 9.00. The minimum atomic E-state index is -0.293. The van der Waals surface area contributed by atoms with Crippen LogP contribution in [0.4, 0.5) is 0 Å². The molecule has 2 aromatic carbocycles. The third-order valence-electron chi connectivity index (χ3n) is 6.92. The van der Waals surface area contributed by atoms with E-state index >= 15 is 0 Å². The predicted octanol–water partition coefficient (Wildman–Crippen LogP) is 2.22. The summed E-state index contributed by atoms with van der Waals surface area (Å²) in [5.74, 6) is 1.23. The second-order valence-corrected chi connectivity index (χ2v) is 9.00. The van der Waals surface area contributed by atoms with Crippen LogP contribution in [0.1, 0.15) is 39.5 Å². The SMILES string of the molecule is COc1cc(C(=O)N2CCN(C(=O)C3CC(c4ccc(C)c(C)c4)NN3)CC2)cc(OC)c1OC. The van der Waals surface area contributed by atoms with E-state index in [1.165, 1.54) is 38.0 Å². The van der Waals surface area contributed by atoms with Crippen LogP contribution in [-0.2, 0) is 4.79 Å². The van der Waals surface area contributed by atoms with E-state index in [0.717, 1.165) is 0 Å². The van der Waals surface area contributed by atoms with Crippen molar-refractivity contribution in [1.29, 1.82) is 0 Å². The number of hydrogen-bond donors (Lipinski definition) is 2. The largest absolute Gasteiger partial charge is 0.493 e. The number of rotatable bonds is 6. The first-order chi connectivity index (χ1) is 16.9. The standard InChI is InChI=1S/C26H34N4O5/c1-16-6-7-18(12-17(16)2)20-15-21(28-27-20)26(32)30-10-8-29(9-11-30)25(31)19-13-22(33-3)24(35-5)23(14-19)34-4/h6-7,12-14,20-21,27-28H,8-11,15H2,1-5H3. The van der Waals surface area contributed by atoms with E-state index in [4.69, 9.17) is 14.2 Å². The summed E-state index contributed by atoms with van der Waals surface area (Å²) in [4.78, 5) is 29.9. The fourth-order valence-corrected chi connectivity index (χ4v) is 4.66. The first-order valence-corrected chi connectivity index (χ1v) is 11.8. The molecule has 2 fully saturated rings. The molecule has 9 nitrogen and oxygen atoms in total. The Bertz CT molecular complexity index is 1070. The molecule has 0 spiro atoms. The van der Waals surface area contributed by atoms with E-state index < -0.39 is 0 Å². The van der Waals surface area contributed by atoms with Crippen molar-refractivity contribution >= 4 is 11.8 Å². The molecule has 2 aliphatic rings. The van der Waals surface area contributed by atoms with Crippen molar-refractivity contribution in [1.82, 2.24) is 20.7 Å². The van der Waals surface area contributed by atoms with E-state index in [9.17, 15) is 9.59 Å². The molecule has 2 heterocycles. The summed E-state index contributed by atoms with van der Waals surface area (Å²) in [6.45, 7) is 6.09. The molecule has 0 aliphatic carbocycles. The number of benzene rings is 2. The summed E-state index contributed by atoms with van der Waals surface area (Å²) in [6.07, 6.45) is 0.686. The van der Waals surface area contributed by atoms with Crippen LogP contribution < -0.4 is 25.1 Å². The van der Waals surface area contributed by atoms with Gasteiger partial charge in [0.05, 0.1) is 21.3 Å². The van der Waals surface area contributed by atoms with Crippen LogP contribution in [-0.4, -0.2) is 75.2 Å². The van der Waals surface area contributed by atoms with Crippen LogP contribution in [0.15, 0.2) is 30.3 Å². The molecular weight excluding hydrogens is 448 g/mol. The van der Waals surface area contributed by atoms with Gasteiger partial charge in [0, 0.05) is 37.8 Å². The molecule has 0 saturated carbocycles. The van der Waals surface area contributed by atoms with Crippen molar-refractivity contribution < 1.29 is 23.8 Å². The molecule has 0 bridgehead atoms. The number of nitrogens with zero attached hydrogens (tertiary/aromatic N) is 2. The lowest BCUT2D eigenvalue weighted by atomic mass is 9.98. The maximum atomic E-state index is 13.2. The van der Waals surface area contributed by atoms with Crippen LogP contribution in [0.5, 0.6) is 17.2 Å². The lowest BCUT2D eigenvalue weighted by molar-refractivity contribution is -0.134. The Hall–Kier alpha value is -3.30. The quantitative estimate of drug-likeness (QED) is 0.652. The molecular formula is C26H34N4O5. The average Bonchev–Trinajstić information content (AvgIpc) is 3.39. The van der Waals surface area contributed by atoms with Crippen molar-refractivity contribution in [2.75, 3.05) is 47.5 Å². The van der Waals surface area contributed by atoms with E-state index in [-0.39, 0.29) is 23.9 Å². The summed E-state index contributed by atoms with van der Waals surface area (Å²) in [5, 5.41) is 0. The van der Waals surface area contributed by atoms with Gasteiger partial charge in [0.15, 0.2) is 11.5 Å². The Morgan fingerprint density at radius 1 is 0.829 bits per heavy atom. The molecule has 2 unspecified atom stereocenters. The molecule has 2 amide bonds. The van der Waals surface area contributed by atoms with Gasteiger partial charge in [-0.2, -0.15) is 0 Å². The van der Waals surface area contributed by atoms with Gasteiger partial charge in [-0.05, 0) is 49.1 Å². The molecule has 2 N–H and O–H groups in total. The number of carbonyl (C=O) groups is 2. The monoisotopic (exact) mass is 482 g/mol. The molecule has 188 valence electrons. The third kappa shape index (κ3) is 5.06. The van der Waals surface area contributed by atoms with Crippen molar-refractivity contribution in [2.45, 2.75) is 32.4 Å². The van der Waals surface area contributed by atoms with Crippen molar-refractivity contribution in [3.63, 3.8) is 0 Å². The molecule has 2 saturated heterocycles. The predicted molar refractivity (Wildman–Crippen MR) is 132 cm³/mol. The number of carbonyl (C=O) groups excluding carboxylic acids is 2. The lowest BCUT2D eigenvalue weighted by Crippen LogP contribution is -2.54. The number of nitrogens with one attached hydrogen (secondary N) is 2. The van der Waals surface area contributed by atoms with Crippen LogP contribution in [0.2, 0.25) is 0 Å². The maximum Gasteiger partial charge on any atom is 0.254 e. The van der Waals surface area contributed by atoms with Crippen molar-refractivity contribution in [3.05, 3.63) is 52.6 Å². The number of amides is 2. The summed E-state index contributed by atoms with van der Waals surface area (Å²) in [7, 11) is 4.57. The molecule has 0 aromatic heterocycles. The molecule has 2 aromatic rings. The van der Waals surface area contributed by atoms with E-state index in [2.05, 4.69) is 42.9 Å². The van der Waals surface area contributed by atoms with Gasteiger partial charge in [-0.15, -0.1) is 0 Å². The normalized spacial score (nSPS) is 20.0. The zero-order valence-corrected chi connectivity index (χ0v) is 21.0. The Kier molecular flexibility index (Phi) is 7.47. The number of ether oxygens (including phenoxy) is 3. The third-order valence-corrected chi connectivity index (χ3v) is 6.92. The van der Waals surface area contributed by atoms with E-state index in [1.807, 2.05) is 4.90 Å². The van der Waals surface area contributed by atoms with Crippen LogP contribution >= 0.6 is 0 Å². The number of hydrazine groups is 1. The van der Waals surface area contributed by atoms with E-state index in [1.54, 1.807) is 17.0 Å². The highest BCUT2D eigenvalue weighted by atomic mass is 16.5. The summed E-state index contributed by atoms with van der Waals surface area (Å²) in [6, 6.07) is 9.51. The average molecular weight is 483 g/mol. The lowest BCUT2D eigenvalue weighted by Gasteiger charge is -2.36. The highest BCUT2D eigenvalue weighted by Gasteiger charge is 2.35. The first-order valence-electron chi connectivity index (χ1n) is 11.8. The van der Waals surface area contributed by atoms with Gasteiger partial charge >= 0.3 is 0 Å². The van der Waals surface area contributed by atoms with Crippen molar-refractivity contribution in [3.8, 4) is 17.2 Å². The highest BCUT2D eigenvalue weighted by molar-refractivity contribution is 5.96. The number of methoxy groups -OCH3 is 3. The molecule has 2 atom stereocenters. The minimum absolute atomic E-state index is 0.0590. The summed E-state index contributed by atoms with van der Waals surface area (Å²) < 4.78 is 16.1. The van der Waals surface area contributed by atoms with Gasteiger partial charge < -0.3 is 24.0 Å². The van der Waals surface area contributed by atoms with E-state index in [0.29, 0.717) is 55.4 Å². The summed E-state index contributed by atoms with van der Waals surface area (Å²) in [5.41, 5.74) is 10.6. The first kappa shape index (κ1) is 24.8. The van der Waals surface area contributed by atoms with Crippen LogP contribution in [0, 0.1) is 13.8 Å². The fraction of sp³-hybridized carbons (Fsp3) is 0.462. The minimum Gasteiger partial charge on any atom is -0.493 e. The maximum absolute atomic E-state index is 13.2. The van der Waals surface area contributed by atoms with Crippen molar-refractivity contribution in [2.24, 2.45) is 0 Å². The highest BCUT2D eigenvalue weighted by Crippen LogP contribution is 2.38. The summed E-state index contributed by atoms with van der Waals surface area (Å²) >= 11 is 0. The second kappa shape index (κ2) is 10.5. The van der Waals surface area contributed by atoms with Crippen LogP contribution in [0.25, 0.3) is 0 Å². The fourth-order valence-electron chi connectivity index (χ4n) is 4.66. The molecule has 4 rings (SSSR count). The smallest absolute Gasteiger partial charge is 0.254 e. The Morgan fingerprint density at radius 3 is 2.03 bits per heavy atom. The van der Waals surface area contributed by atoms with Gasteiger partial charge in [0.1, 0.15) is 6.04 Å². The van der Waals surface area contributed by atoms with Gasteiger partial charge in [-0.3, -0.25) is 9.59 Å². The Balaban J connectivity index is 1.36. The molecule has 9 heteroatoms. The Morgan fingerprint density at radius 2 is 1.46 bits per heavy atom. The molecule has 35 heavy (non-hydrogen) atoms. The van der Waals surface area contributed by atoms with Gasteiger partial charge in [-0.25, -0.2) is 10.9 Å². The van der Waals surface area contributed by atoms with Crippen LogP contribution in [0.3, 0.4) is 0 Å². The zero-order valence-electron chi connectivity index (χ0n) is 21.0. The molecule has 0 radical (unpaired) electrons. The number of hydrogen-bond acceptors (Lipinski definition) is 7. The topological polar surface area (TPSA) is 92.4 Å². The number of aryl methyl sites for hydroxylation is 2. The van der Waals surface area contributed by atoms with Gasteiger partial charge in [0.2, 0.25) is 11.7 Å². The number of piperazine rings is 1. The molecule has 2 aliphatic heterocycles. The van der Waals surface area contributed by atoms with Gasteiger partial charge in [-0.1, -0.05) is 18.2 Å².